The summed E-state index contributed by atoms with van der Waals surface area (Å²) < 4.78 is 2.55. The van der Waals surface area contributed by atoms with Gasteiger partial charge in [-0.1, -0.05) is 78.9 Å². The molecule has 0 unspecified atom stereocenters. The number of benzene rings is 3. The zero-order valence-electron chi connectivity index (χ0n) is 17.0. The fourth-order valence-corrected chi connectivity index (χ4v) is 4.85. The van der Waals surface area contributed by atoms with E-state index in [1.807, 2.05) is 42.5 Å². The molecule has 5 rings (SSSR count). The van der Waals surface area contributed by atoms with Crippen molar-refractivity contribution in [3.05, 3.63) is 123 Å². The van der Waals surface area contributed by atoms with Crippen LogP contribution in [0.2, 0.25) is 0 Å². The Balaban J connectivity index is 1.76. The molecule has 5 nitrogen and oxygen atoms in total. The van der Waals surface area contributed by atoms with Crippen LogP contribution in [0.4, 0.5) is 0 Å². The third-order valence-corrected chi connectivity index (χ3v) is 6.49. The van der Waals surface area contributed by atoms with Crippen LogP contribution in [0.3, 0.4) is 0 Å². The van der Waals surface area contributed by atoms with Gasteiger partial charge < -0.3 is 0 Å². The highest BCUT2D eigenvalue weighted by Crippen LogP contribution is 2.31. The van der Waals surface area contributed by atoms with E-state index in [2.05, 4.69) is 0 Å². The summed E-state index contributed by atoms with van der Waals surface area (Å²) >= 11 is 1.34. The van der Waals surface area contributed by atoms with E-state index in [0.717, 1.165) is 15.0 Å². The molecule has 0 radical (unpaired) electrons. The molecule has 0 bridgehead atoms. The van der Waals surface area contributed by atoms with Crippen molar-refractivity contribution < 1.29 is 4.79 Å². The Bertz CT molecular complexity index is 1530. The van der Waals surface area contributed by atoms with Crippen molar-refractivity contribution in [1.29, 1.82) is 0 Å². The number of carbonyl (C=O) groups excluding carboxylic acids is 1. The van der Waals surface area contributed by atoms with E-state index in [9.17, 15) is 14.4 Å². The lowest BCUT2D eigenvalue weighted by molar-refractivity contribution is 0.0972. The van der Waals surface area contributed by atoms with Gasteiger partial charge in [-0.2, -0.15) is 0 Å². The van der Waals surface area contributed by atoms with Crippen LogP contribution in [0.15, 0.2) is 107 Å². The molecule has 0 saturated heterocycles. The molecular formula is C26H18N2O3S. The largest absolute Gasteiger partial charge is 0.337 e. The molecule has 32 heavy (non-hydrogen) atoms. The minimum Gasteiger partial charge on any atom is -0.292 e. The highest BCUT2D eigenvalue weighted by Gasteiger charge is 2.20. The molecule has 6 heteroatoms. The number of aromatic nitrogens is 2. The molecule has 0 aliphatic carbocycles. The topological polar surface area (TPSA) is 61.1 Å². The maximum absolute atomic E-state index is 13.5. The summed E-state index contributed by atoms with van der Waals surface area (Å²) in [5.41, 5.74) is 1.02. The number of fused-ring (bicyclic) bond motifs is 1. The summed E-state index contributed by atoms with van der Waals surface area (Å²) in [7, 11) is 0. The average molecular weight is 439 g/mol. The van der Waals surface area contributed by atoms with Crippen LogP contribution in [-0.4, -0.2) is 14.9 Å². The molecule has 5 aromatic rings. The zero-order valence-corrected chi connectivity index (χ0v) is 17.8. The van der Waals surface area contributed by atoms with Crippen LogP contribution in [-0.2, 0) is 6.54 Å². The minimum absolute atomic E-state index is 0.152. The van der Waals surface area contributed by atoms with Gasteiger partial charge >= 0.3 is 5.69 Å². The summed E-state index contributed by atoms with van der Waals surface area (Å²) in [5.74, 6) is -0.193. The third kappa shape index (κ3) is 3.50. The van der Waals surface area contributed by atoms with E-state index in [0.29, 0.717) is 21.5 Å². The highest BCUT2D eigenvalue weighted by atomic mass is 32.1. The Labute approximate surface area is 187 Å². The van der Waals surface area contributed by atoms with Crippen molar-refractivity contribution in [3.8, 4) is 16.1 Å². The van der Waals surface area contributed by atoms with E-state index in [-0.39, 0.29) is 12.3 Å². The van der Waals surface area contributed by atoms with Crippen LogP contribution >= 0.6 is 11.3 Å². The van der Waals surface area contributed by atoms with Crippen molar-refractivity contribution in [2.45, 2.75) is 6.54 Å². The summed E-state index contributed by atoms with van der Waals surface area (Å²) in [5, 5.41) is 0.415. The molecule has 0 aliphatic rings. The number of Topliss-reactive ketones (excluding diaryl/α,β-unsaturated/α-hetero) is 1. The van der Waals surface area contributed by atoms with Crippen molar-refractivity contribution in [2.24, 2.45) is 0 Å². The molecule has 0 N–H and O–H groups in total. The van der Waals surface area contributed by atoms with Crippen LogP contribution in [0.5, 0.6) is 0 Å². The van der Waals surface area contributed by atoms with Crippen LogP contribution < -0.4 is 11.2 Å². The molecule has 0 spiro atoms. The Kier molecular flexibility index (Phi) is 5.13. The Morgan fingerprint density at radius 3 is 2.03 bits per heavy atom. The second-order valence-electron chi connectivity index (χ2n) is 7.33. The lowest BCUT2D eigenvalue weighted by Gasteiger charge is -2.11. The van der Waals surface area contributed by atoms with Crippen molar-refractivity contribution in [3.63, 3.8) is 0 Å². The third-order valence-electron chi connectivity index (χ3n) is 5.28. The first kappa shape index (κ1) is 19.9. The number of thiophene rings is 1. The average Bonchev–Trinajstić information content (AvgIpc) is 3.29. The molecule has 0 fully saturated rings. The Hall–Kier alpha value is -4.03. The quantitative estimate of drug-likeness (QED) is 0.372. The minimum atomic E-state index is -0.528. The van der Waals surface area contributed by atoms with Crippen molar-refractivity contribution in [1.82, 2.24) is 9.13 Å². The van der Waals surface area contributed by atoms with Gasteiger partial charge in [-0.15, -0.1) is 11.3 Å². The van der Waals surface area contributed by atoms with Gasteiger partial charge in [0, 0.05) is 10.4 Å². The normalized spacial score (nSPS) is 11.0. The van der Waals surface area contributed by atoms with E-state index in [4.69, 9.17) is 0 Å². The number of hydrogen-bond acceptors (Lipinski definition) is 4. The fourth-order valence-electron chi connectivity index (χ4n) is 3.70. The van der Waals surface area contributed by atoms with Crippen molar-refractivity contribution >= 4 is 27.3 Å². The number of para-hydroxylation sites is 1. The Morgan fingerprint density at radius 2 is 1.38 bits per heavy atom. The van der Waals surface area contributed by atoms with Crippen LogP contribution in [0.25, 0.3) is 26.3 Å². The number of rotatable bonds is 5. The monoisotopic (exact) mass is 438 g/mol. The van der Waals surface area contributed by atoms with E-state index in [1.165, 1.54) is 15.9 Å². The number of hydrogen-bond donors (Lipinski definition) is 0. The number of nitrogens with zero attached hydrogens (tertiary/aromatic N) is 2. The van der Waals surface area contributed by atoms with E-state index >= 15 is 0 Å². The first-order chi connectivity index (χ1) is 15.6. The van der Waals surface area contributed by atoms with E-state index in [1.54, 1.807) is 54.6 Å². The predicted octanol–water partition coefficient (Wildman–Crippen LogP) is 4.76. The molecule has 2 heterocycles. The highest BCUT2D eigenvalue weighted by molar-refractivity contribution is 7.21. The van der Waals surface area contributed by atoms with Crippen LogP contribution in [0, 0.1) is 0 Å². The molecule has 0 aliphatic heterocycles. The Morgan fingerprint density at radius 1 is 0.781 bits per heavy atom. The molecule has 0 atom stereocenters. The van der Waals surface area contributed by atoms with Gasteiger partial charge in [0.05, 0.1) is 17.6 Å². The maximum Gasteiger partial charge on any atom is 0.337 e. The van der Waals surface area contributed by atoms with E-state index < -0.39 is 11.2 Å². The smallest absolute Gasteiger partial charge is 0.292 e. The predicted molar refractivity (Wildman–Crippen MR) is 128 cm³/mol. The molecule has 3 aromatic carbocycles. The second kappa shape index (κ2) is 8.24. The first-order valence-corrected chi connectivity index (χ1v) is 10.9. The second-order valence-corrected chi connectivity index (χ2v) is 8.36. The summed E-state index contributed by atoms with van der Waals surface area (Å²) in [6.45, 7) is -0.152. The van der Waals surface area contributed by atoms with Gasteiger partial charge in [0.1, 0.15) is 4.83 Å². The van der Waals surface area contributed by atoms with Gasteiger partial charge in [-0.25, -0.2) is 9.36 Å². The van der Waals surface area contributed by atoms with Gasteiger partial charge in [-0.05, 0) is 23.8 Å². The summed E-state index contributed by atoms with van der Waals surface area (Å²) in [6.07, 6.45) is 0. The number of carbonyl (C=O) groups is 1. The van der Waals surface area contributed by atoms with Gasteiger partial charge in [0.25, 0.3) is 5.56 Å². The zero-order chi connectivity index (χ0) is 22.1. The van der Waals surface area contributed by atoms with Gasteiger partial charge in [0.15, 0.2) is 5.78 Å². The van der Waals surface area contributed by atoms with Crippen molar-refractivity contribution in [2.75, 3.05) is 0 Å². The molecule has 0 saturated carbocycles. The maximum atomic E-state index is 13.5. The lowest BCUT2D eigenvalue weighted by Crippen LogP contribution is -2.39. The standard InChI is InChI=1S/C26H18N2O3S/c29-22(18-10-4-1-5-11-18)17-27-25-21(16-23(32-25)19-12-6-2-7-13-19)24(30)28(26(27)31)20-14-8-3-9-15-20/h1-16H,17H2. The molecular weight excluding hydrogens is 420 g/mol. The van der Waals surface area contributed by atoms with Gasteiger partial charge in [0.2, 0.25) is 0 Å². The van der Waals surface area contributed by atoms with Crippen LogP contribution in [0.1, 0.15) is 10.4 Å². The van der Waals surface area contributed by atoms with Gasteiger partial charge in [-0.3, -0.25) is 14.2 Å². The fraction of sp³-hybridized carbons (Fsp3) is 0.0385. The summed E-state index contributed by atoms with van der Waals surface area (Å²) in [6, 6.07) is 29.1. The SMILES string of the molecule is O=C(Cn1c(=O)n(-c2ccccc2)c(=O)c2cc(-c3ccccc3)sc21)c1ccccc1. The summed E-state index contributed by atoms with van der Waals surface area (Å²) in [4.78, 5) is 41.2. The number of ketones is 1. The molecule has 2 aromatic heterocycles. The molecule has 0 amide bonds. The first-order valence-electron chi connectivity index (χ1n) is 10.1. The lowest BCUT2D eigenvalue weighted by atomic mass is 10.1. The molecule has 156 valence electrons.